The molecule has 0 unspecified atom stereocenters. The number of anilines is 1. The van der Waals surface area contributed by atoms with Crippen molar-refractivity contribution in [2.45, 2.75) is 24.6 Å². The Morgan fingerprint density at radius 1 is 1.26 bits per heavy atom. The molecular formula is C17H17FN5O7P. The van der Waals surface area contributed by atoms with Gasteiger partial charge in [0.1, 0.15) is 18.5 Å². The SMILES string of the molecule is O=C(Nc1ncnc2c1ncn2[C@@H]1O[C@H](CO)[C@@H](OP(=O)(O)O)[C@H]1F)c1ccccc1. The summed E-state index contributed by atoms with van der Waals surface area (Å²) in [6, 6.07) is 8.39. The summed E-state index contributed by atoms with van der Waals surface area (Å²) in [6.07, 6.45) is -4.22. The van der Waals surface area contributed by atoms with Crippen molar-refractivity contribution in [3.8, 4) is 0 Å². The number of rotatable bonds is 6. The molecule has 4 atom stereocenters. The van der Waals surface area contributed by atoms with E-state index in [1.807, 2.05) is 0 Å². The number of phosphoric ester groups is 1. The van der Waals surface area contributed by atoms with Crippen LogP contribution in [0.2, 0.25) is 0 Å². The van der Waals surface area contributed by atoms with Crippen molar-refractivity contribution in [1.29, 1.82) is 0 Å². The van der Waals surface area contributed by atoms with Gasteiger partial charge in [-0.1, -0.05) is 18.2 Å². The highest BCUT2D eigenvalue weighted by molar-refractivity contribution is 7.46. The lowest BCUT2D eigenvalue weighted by molar-refractivity contribution is -0.0454. The Bertz CT molecular complexity index is 1140. The van der Waals surface area contributed by atoms with E-state index in [4.69, 9.17) is 14.5 Å². The van der Waals surface area contributed by atoms with Crippen molar-refractivity contribution >= 4 is 30.7 Å². The molecule has 14 heteroatoms. The zero-order valence-electron chi connectivity index (χ0n) is 15.6. The predicted molar refractivity (Wildman–Crippen MR) is 103 cm³/mol. The fourth-order valence-corrected chi connectivity index (χ4v) is 3.82. The highest BCUT2D eigenvalue weighted by Gasteiger charge is 2.49. The molecule has 12 nitrogen and oxygen atoms in total. The van der Waals surface area contributed by atoms with Crippen molar-refractivity contribution < 1.29 is 37.9 Å². The summed E-state index contributed by atoms with van der Waals surface area (Å²) in [5, 5.41) is 12.0. The van der Waals surface area contributed by atoms with Crippen LogP contribution in [0.3, 0.4) is 0 Å². The number of carbonyl (C=O) groups excluding carboxylic acids is 1. The molecule has 31 heavy (non-hydrogen) atoms. The minimum Gasteiger partial charge on any atom is -0.394 e. The first-order valence-electron chi connectivity index (χ1n) is 8.97. The first kappa shape index (κ1) is 21.4. The first-order chi connectivity index (χ1) is 14.8. The second kappa shape index (κ2) is 8.38. The number of alkyl halides is 1. The standard InChI is InChI=1S/C17H17FN5O7P/c18-11-13(30-31(26,27)28)10(6-24)29-17(11)23-8-21-12-14(19-7-20-15(12)23)22-16(25)9-4-2-1-3-5-9/h1-5,7-8,10-11,13,17,24H,6H2,(H2,26,27,28)(H,19,20,22,25)/t10-,11-,13-,17-/m1/s1. The van der Waals surface area contributed by atoms with Gasteiger partial charge < -0.3 is 24.9 Å². The summed E-state index contributed by atoms with van der Waals surface area (Å²) in [7, 11) is -5.04. The second-order valence-electron chi connectivity index (χ2n) is 6.62. The van der Waals surface area contributed by atoms with Crippen molar-refractivity contribution in [3.05, 3.63) is 48.5 Å². The van der Waals surface area contributed by atoms with Gasteiger partial charge in [0, 0.05) is 5.56 Å². The van der Waals surface area contributed by atoms with Gasteiger partial charge in [-0.05, 0) is 12.1 Å². The average molecular weight is 453 g/mol. The number of fused-ring (bicyclic) bond motifs is 1. The minimum atomic E-state index is -5.04. The van der Waals surface area contributed by atoms with Crippen LogP contribution >= 0.6 is 7.82 Å². The molecule has 0 radical (unpaired) electrons. The number of halogens is 1. The largest absolute Gasteiger partial charge is 0.470 e. The number of aliphatic hydroxyl groups excluding tert-OH is 1. The number of hydrogen-bond acceptors (Lipinski definition) is 8. The van der Waals surface area contributed by atoms with Gasteiger partial charge in [0.25, 0.3) is 5.91 Å². The molecule has 1 fully saturated rings. The monoisotopic (exact) mass is 453 g/mol. The van der Waals surface area contributed by atoms with Gasteiger partial charge in [-0.3, -0.25) is 13.9 Å². The predicted octanol–water partition coefficient (Wildman–Crippen LogP) is 0.784. The normalized spacial score (nSPS) is 23.9. The lowest BCUT2D eigenvalue weighted by Crippen LogP contribution is -2.33. The Morgan fingerprint density at radius 3 is 2.68 bits per heavy atom. The number of benzene rings is 1. The van der Waals surface area contributed by atoms with E-state index in [2.05, 4.69) is 24.8 Å². The van der Waals surface area contributed by atoms with Crippen molar-refractivity contribution in [3.63, 3.8) is 0 Å². The van der Waals surface area contributed by atoms with E-state index < -0.39 is 44.9 Å². The fraction of sp³-hybridized carbons (Fsp3) is 0.294. The summed E-state index contributed by atoms with van der Waals surface area (Å²) in [5.41, 5.74) is 0.627. The van der Waals surface area contributed by atoms with Crippen LogP contribution in [0, 0.1) is 0 Å². The molecule has 0 saturated carbocycles. The number of carbonyl (C=O) groups is 1. The molecule has 1 aliphatic heterocycles. The summed E-state index contributed by atoms with van der Waals surface area (Å²) >= 11 is 0. The molecule has 1 aliphatic rings. The quantitative estimate of drug-likeness (QED) is 0.391. The van der Waals surface area contributed by atoms with Crippen molar-refractivity contribution in [2.24, 2.45) is 0 Å². The molecule has 4 rings (SSSR count). The molecule has 1 saturated heterocycles. The zero-order chi connectivity index (χ0) is 22.2. The summed E-state index contributed by atoms with van der Waals surface area (Å²) in [5.74, 6) is -0.362. The molecule has 0 bridgehead atoms. The maximum Gasteiger partial charge on any atom is 0.470 e. The highest BCUT2D eigenvalue weighted by atomic mass is 31.2. The van der Waals surface area contributed by atoms with E-state index in [9.17, 15) is 18.9 Å². The maximum atomic E-state index is 15.0. The molecule has 164 valence electrons. The molecule has 1 aromatic carbocycles. The lowest BCUT2D eigenvalue weighted by Gasteiger charge is -2.18. The number of phosphoric acid groups is 1. The number of aliphatic hydroxyl groups is 1. The minimum absolute atomic E-state index is 0.0766. The number of aromatic nitrogens is 4. The van der Waals surface area contributed by atoms with Crippen LogP contribution in [0.5, 0.6) is 0 Å². The Hall–Kier alpha value is -2.80. The number of hydrogen-bond donors (Lipinski definition) is 4. The third-order valence-corrected chi connectivity index (χ3v) is 5.12. The molecule has 4 N–H and O–H groups in total. The summed E-state index contributed by atoms with van der Waals surface area (Å²) in [6.45, 7) is -0.735. The van der Waals surface area contributed by atoms with Gasteiger partial charge in [-0.2, -0.15) is 0 Å². The van der Waals surface area contributed by atoms with Crippen molar-refractivity contribution in [2.75, 3.05) is 11.9 Å². The molecular weight excluding hydrogens is 436 g/mol. The summed E-state index contributed by atoms with van der Waals surface area (Å²) < 4.78 is 37.2. The Balaban J connectivity index is 1.63. The third kappa shape index (κ3) is 4.32. The lowest BCUT2D eigenvalue weighted by atomic mass is 10.1. The number of ether oxygens (including phenoxy) is 1. The maximum absolute atomic E-state index is 15.0. The van der Waals surface area contributed by atoms with Crippen molar-refractivity contribution in [1.82, 2.24) is 19.5 Å². The molecule has 3 aromatic rings. The van der Waals surface area contributed by atoms with Gasteiger partial charge in [0.05, 0.1) is 12.9 Å². The van der Waals surface area contributed by atoms with E-state index in [1.165, 1.54) is 10.9 Å². The Labute approximate surface area is 173 Å². The zero-order valence-corrected chi connectivity index (χ0v) is 16.5. The third-order valence-electron chi connectivity index (χ3n) is 4.61. The second-order valence-corrected chi connectivity index (χ2v) is 7.81. The van der Waals surface area contributed by atoms with E-state index >= 15 is 0 Å². The molecule has 1 amide bonds. The van der Waals surface area contributed by atoms with Crippen LogP contribution in [0.25, 0.3) is 11.2 Å². The van der Waals surface area contributed by atoms with Crippen LogP contribution in [-0.4, -0.2) is 65.3 Å². The number of imidazole rings is 1. The van der Waals surface area contributed by atoms with Gasteiger partial charge in [0.15, 0.2) is 29.4 Å². The van der Waals surface area contributed by atoms with Gasteiger partial charge in [0.2, 0.25) is 0 Å². The number of amides is 1. The van der Waals surface area contributed by atoms with E-state index in [0.717, 1.165) is 6.33 Å². The molecule has 3 heterocycles. The smallest absolute Gasteiger partial charge is 0.394 e. The first-order valence-corrected chi connectivity index (χ1v) is 10.5. The molecule has 2 aromatic heterocycles. The summed E-state index contributed by atoms with van der Waals surface area (Å²) in [4.78, 5) is 42.6. The van der Waals surface area contributed by atoms with Gasteiger partial charge >= 0.3 is 7.82 Å². The van der Waals surface area contributed by atoms with Crippen LogP contribution in [0.15, 0.2) is 43.0 Å². The fourth-order valence-electron chi connectivity index (χ4n) is 3.25. The van der Waals surface area contributed by atoms with Crippen LogP contribution in [0.1, 0.15) is 16.6 Å². The number of nitrogens with one attached hydrogen (secondary N) is 1. The molecule has 0 aliphatic carbocycles. The Kier molecular flexibility index (Phi) is 5.79. The Morgan fingerprint density at radius 2 is 2.00 bits per heavy atom. The topological polar surface area (TPSA) is 169 Å². The van der Waals surface area contributed by atoms with E-state index in [-0.39, 0.29) is 17.0 Å². The van der Waals surface area contributed by atoms with Crippen LogP contribution < -0.4 is 5.32 Å². The van der Waals surface area contributed by atoms with E-state index in [0.29, 0.717) is 5.56 Å². The highest BCUT2D eigenvalue weighted by Crippen LogP contribution is 2.45. The average Bonchev–Trinajstić information content (AvgIpc) is 3.29. The van der Waals surface area contributed by atoms with Gasteiger partial charge in [-0.15, -0.1) is 0 Å². The van der Waals surface area contributed by atoms with E-state index in [1.54, 1.807) is 30.3 Å². The van der Waals surface area contributed by atoms with Gasteiger partial charge in [-0.25, -0.2) is 23.9 Å². The van der Waals surface area contributed by atoms with Crippen LogP contribution in [-0.2, 0) is 13.8 Å². The molecule has 0 spiro atoms. The number of nitrogens with zero attached hydrogens (tertiary/aromatic N) is 4. The van der Waals surface area contributed by atoms with Crippen LogP contribution in [0.4, 0.5) is 10.2 Å².